The van der Waals surface area contributed by atoms with Crippen molar-refractivity contribution in [1.82, 2.24) is 5.32 Å². The third kappa shape index (κ3) is 5.29. The molecule has 0 aliphatic heterocycles. The van der Waals surface area contributed by atoms with Gasteiger partial charge in [0.25, 0.3) is 11.6 Å². The van der Waals surface area contributed by atoms with Gasteiger partial charge in [0, 0.05) is 23.4 Å². The summed E-state index contributed by atoms with van der Waals surface area (Å²) in [4.78, 5) is 22.7. The number of carbonyl (C=O) groups is 1. The lowest BCUT2D eigenvalue weighted by atomic mass is 10.2. The largest absolute Gasteiger partial charge is 0.363 e. The standard InChI is InChI=1S/C15H12Br3N3O3/c16-15(17,18)14(20-13(22)10-5-2-1-3-6-10)19-11-7-4-8-12(9-11)21(23)24/h1-9,14,19H,(H,20,22). The molecule has 0 bridgehead atoms. The van der Waals surface area contributed by atoms with E-state index in [4.69, 9.17) is 0 Å². The minimum Gasteiger partial charge on any atom is -0.363 e. The first-order valence-electron chi connectivity index (χ1n) is 6.71. The molecular weight excluding hydrogens is 510 g/mol. The van der Waals surface area contributed by atoms with E-state index in [1.807, 2.05) is 6.07 Å². The summed E-state index contributed by atoms with van der Waals surface area (Å²) in [7, 11) is 0. The molecule has 2 aromatic carbocycles. The quantitative estimate of drug-likeness (QED) is 0.261. The minimum absolute atomic E-state index is 0.0440. The van der Waals surface area contributed by atoms with Gasteiger partial charge in [0.2, 0.25) is 0 Å². The lowest BCUT2D eigenvalue weighted by Crippen LogP contribution is -2.48. The summed E-state index contributed by atoms with van der Waals surface area (Å²) in [6.45, 7) is 0. The zero-order valence-electron chi connectivity index (χ0n) is 12.1. The van der Waals surface area contributed by atoms with Crippen LogP contribution in [0.25, 0.3) is 0 Å². The Morgan fingerprint density at radius 2 is 1.75 bits per heavy atom. The monoisotopic (exact) mass is 519 g/mol. The van der Waals surface area contributed by atoms with Gasteiger partial charge in [0.05, 0.1) is 4.92 Å². The van der Waals surface area contributed by atoms with Crippen molar-refractivity contribution < 1.29 is 9.72 Å². The van der Waals surface area contributed by atoms with Crippen LogP contribution in [0.1, 0.15) is 10.4 Å². The highest BCUT2D eigenvalue weighted by atomic mass is 80.0. The van der Waals surface area contributed by atoms with E-state index in [-0.39, 0.29) is 11.6 Å². The fraction of sp³-hybridized carbons (Fsp3) is 0.133. The number of carbonyl (C=O) groups excluding carboxylic acids is 1. The first-order valence-corrected chi connectivity index (χ1v) is 9.09. The molecule has 1 amide bonds. The third-order valence-corrected chi connectivity index (χ3v) is 4.38. The van der Waals surface area contributed by atoms with Crippen LogP contribution in [0.5, 0.6) is 0 Å². The Bertz CT molecular complexity index is 735. The summed E-state index contributed by atoms with van der Waals surface area (Å²) in [5, 5.41) is 16.7. The molecule has 0 fully saturated rings. The van der Waals surface area contributed by atoms with Gasteiger partial charge in [-0.3, -0.25) is 14.9 Å². The molecule has 2 aromatic rings. The van der Waals surface area contributed by atoms with E-state index in [9.17, 15) is 14.9 Å². The average molecular weight is 522 g/mol. The number of nitro benzene ring substituents is 1. The van der Waals surface area contributed by atoms with Crippen LogP contribution in [0.2, 0.25) is 0 Å². The molecule has 0 spiro atoms. The van der Waals surface area contributed by atoms with Crippen molar-refractivity contribution in [2.45, 2.75) is 8.31 Å². The number of non-ortho nitro benzene ring substituents is 1. The van der Waals surface area contributed by atoms with E-state index in [2.05, 4.69) is 58.4 Å². The molecule has 0 heterocycles. The Morgan fingerprint density at radius 1 is 1.08 bits per heavy atom. The molecule has 1 unspecified atom stereocenters. The number of nitro groups is 1. The molecule has 0 radical (unpaired) electrons. The van der Waals surface area contributed by atoms with Crippen molar-refractivity contribution in [3.05, 3.63) is 70.3 Å². The van der Waals surface area contributed by atoms with Gasteiger partial charge >= 0.3 is 0 Å². The molecule has 9 heteroatoms. The Hall–Kier alpha value is -1.45. The van der Waals surface area contributed by atoms with Gasteiger partial charge < -0.3 is 10.6 Å². The van der Waals surface area contributed by atoms with Crippen LogP contribution in [-0.4, -0.2) is 19.1 Å². The molecule has 0 aromatic heterocycles. The molecule has 0 saturated carbocycles. The van der Waals surface area contributed by atoms with E-state index in [1.54, 1.807) is 36.4 Å². The van der Waals surface area contributed by atoms with Crippen LogP contribution in [0.15, 0.2) is 54.6 Å². The Morgan fingerprint density at radius 3 is 2.33 bits per heavy atom. The normalized spacial score (nSPS) is 12.3. The van der Waals surface area contributed by atoms with Crippen LogP contribution in [0.4, 0.5) is 11.4 Å². The molecular formula is C15H12Br3N3O3. The van der Waals surface area contributed by atoms with Crippen molar-refractivity contribution in [3.63, 3.8) is 0 Å². The smallest absolute Gasteiger partial charge is 0.271 e. The van der Waals surface area contributed by atoms with E-state index < -0.39 is 13.2 Å². The summed E-state index contributed by atoms with van der Waals surface area (Å²) >= 11 is 10.1. The van der Waals surface area contributed by atoms with E-state index >= 15 is 0 Å². The molecule has 126 valence electrons. The summed E-state index contributed by atoms with van der Waals surface area (Å²) in [6, 6.07) is 14.8. The van der Waals surface area contributed by atoms with Gasteiger partial charge in [-0.15, -0.1) is 0 Å². The van der Waals surface area contributed by atoms with Gasteiger partial charge in [-0.05, 0) is 18.2 Å². The predicted octanol–water partition coefficient (Wildman–Crippen LogP) is 4.60. The molecule has 0 saturated heterocycles. The number of amides is 1. The first kappa shape index (κ1) is 18.9. The van der Waals surface area contributed by atoms with E-state index in [0.29, 0.717) is 11.3 Å². The highest BCUT2D eigenvalue weighted by molar-refractivity contribution is 9.39. The maximum Gasteiger partial charge on any atom is 0.271 e. The summed E-state index contributed by atoms with van der Waals surface area (Å²) in [6.07, 6.45) is -0.646. The number of halogens is 3. The van der Waals surface area contributed by atoms with Crippen LogP contribution in [0.3, 0.4) is 0 Å². The Kier molecular flexibility index (Phi) is 6.36. The second kappa shape index (κ2) is 8.09. The van der Waals surface area contributed by atoms with Gasteiger partial charge in [0.1, 0.15) is 6.17 Å². The summed E-state index contributed by atoms with van der Waals surface area (Å²) < 4.78 is -0.859. The number of anilines is 1. The van der Waals surface area contributed by atoms with Crippen LogP contribution < -0.4 is 10.6 Å². The number of benzene rings is 2. The molecule has 2 N–H and O–H groups in total. The van der Waals surface area contributed by atoms with E-state index in [0.717, 1.165) is 0 Å². The number of nitrogens with zero attached hydrogens (tertiary/aromatic N) is 1. The number of nitrogens with one attached hydrogen (secondary N) is 2. The Labute approximate surface area is 163 Å². The molecule has 0 aliphatic carbocycles. The van der Waals surface area contributed by atoms with E-state index in [1.165, 1.54) is 12.1 Å². The molecule has 1 atom stereocenters. The Balaban J connectivity index is 2.19. The van der Waals surface area contributed by atoms with Crippen LogP contribution in [-0.2, 0) is 0 Å². The lowest BCUT2D eigenvalue weighted by Gasteiger charge is -2.28. The molecule has 0 aliphatic rings. The maximum absolute atomic E-state index is 12.3. The SMILES string of the molecule is O=C(NC(Nc1cccc([N+](=O)[O-])c1)C(Br)(Br)Br)c1ccccc1. The molecule has 24 heavy (non-hydrogen) atoms. The third-order valence-electron chi connectivity index (χ3n) is 3.01. The van der Waals surface area contributed by atoms with Gasteiger partial charge in [-0.25, -0.2) is 0 Å². The van der Waals surface area contributed by atoms with Crippen molar-refractivity contribution in [2.24, 2.45) is 0 Å². The topological polar surface area (TPSA) is 84.3 Å². The van der Waals surface area contributed by atoms with Gasteiger partial charge in [-0.1, -0.05) is 72.1 Å². The predicted molar refractivity (Wildman–Crippen MR) is 104 cm³/mol. The fourth-order valence-corrected chi connectivity index (χ4v) is 2.57. The second-order valence-electron chi connectivity index (χ2n) is 4.77. The average Bonchev–Trinajstić information content (AvgIpc) is 2.54. The van der Waals surface area contributed by atoms with Gasteiger partial charge in [0.15, 0.2) is 2.14 Å². The zero-order chi connectivity index (χ0) is 17.7. The highest BCUT2D eigenvalue weighted by Crippen LogP contribution is 2.37. The van der Waals surface area contributed by atoms with Crippen LogP contribution in [0, 0.1) is 10.1 Å². The number of alkyl halides is 3. The fourth-order valence-electron chi connectivity index (χ4n) is 1.88. The molecule has 2 rings (SSSR count). The van der Waals surface area contributed by atoms with Crippen molar-refractivity contribution in [3.8, 4) is 0 Å². The number of hydrogen-bond acceptors (Lipinski definition) is 4. The summed E-state index contributed by atoms with van der Waals surface area (Å²) in [5.41, 5.74) is 0.947. The number of hydrogen-bond donors (Lipinski definition) is 2. The molecule has 6 nitrogen and oxygen atoms in total. The van der Waals surface area contributed by atoms with Gasteiger partial charge in [-0.2, -0.15) is 0 Å². The van der Waals surface area contributed by atoms with Crippen molar-refractivity contribution in [2.75, 3.05) is 5.32 Å². The van der Waals surface area contributed by atoms with Crippen molar-refractivity contribution >= 4 is 65.1 Å². The second-order valence-corrected chi connectivity index (χ2v) is 11.7. The zero-order valence-corrected chi connectivity index (χ0v) is 16.8. The first-order chi connectivity index (χ1) is 11.3. The van der Waals surface area contributed by atoms with Crippen LogP contribution >= 0.6 is 47.8 Å². The number of rotatable bonds is 5. The summed E-state index contributed by atoms with van der Waals surface area (Å²) in [5.74, 6) is -0.291. The highest BCUT2D eigenvalue weighted by Gasteiger charge is 2.32. The lowest BCUT2D eigenvalue weighted by molar-refractivity contribution is -0.384. The minimum atomic E-state index is -0.859. The maximum atomic E-state index is 12.3. The van der Waals surface area contributed by atoms with Crippen molar-refractivity contribution in [1.29, 1.82) is 0 Å².